The molecular weight excluding hydrogens is 286 g/mol. The Hall–Kier alpha value is -1.23. The van der Waals surface area contributed by atoms with Crippen LogP contribution in [0.15, 0.2) is 5.51 Å². The molecule has 1 fully saturated rings. The van der Waals surface area contributed by atoms with E-state index in [0.29, 0.717) is 18.8 Å². The molecule has 1 aromatic rings. The first-order valence-electron chi connectivity index (χ1n) is 7.50. The number of carbonyl (C=O) groups is 2. The van der Waals surface area contributed by atoms with E-state index in [9.17, 15) is 9.59 Å². The maximum atomic E-state index is 11.8. The Bertz CT molecular complexity index is 517. The first kappa shape index (κ1) is 16.1. The smallest absolute Gasteiger partial charge is 0.313 e. The third kappa shape index (κ3) is 3.51. The van der Waals surface area contributed by atoms with Gasteiger partial charge in [0.25, 0.3) is 0 Å². The highest BCUT2D eigenvalue weighted by atomic mass is 32.1. The van der Waals surface area contributed by atoms with Crippen LogP contribution in [-0.2, 0) is 20.7 Å². The number of hydrogen-bond acceptors (Lipinski definition) is 5. The highest BCUT2D eigenvalue weighted by molar-refractivity contribution is 7.09. The molecule has 2 rings (SSSR count). The van der Waals surface area contributed by atoms with Gasteiger partial charge in [-0.2, -0.15) is 0 Å². The number of rotatable bonds is 5. The zero-order valence-electron chi connectivity index (χ0n) is 13.1. The SMILES string of the molecule is CC(C)c1ncsc1CCC1(C(C)C)CC(=O)CC(=O)O1. The minimum Gasteiger partial charge on any atom is -0.458 e. The van der Waals surface area contributed by atoms with Crippen LogP contribution >= 0.6 is 11.3 Å². The molecule has 4 nitrogen and oxygen atoms in total. The van der Waals surface area contributed by atoms with E-state index in [4.69, 9.17) is 4.74 Å². The minimum absolute atomic E-state index is 0.00617. The highest BCUT2D eigenvalue weighted by Crippen LogP contribution is 2.36. The first-order valence-corrected chi connectivity index (χ1v) is 8.38. The van der Waals surface area contributed by atoms with Gasteiger partial charge in [-0.05, 0) is 24.7 Å². The van der Waals surface area contributed by atoms with E-state index in [0.717, 1.165) is 12.1 Å². The quantitative estimate of drug-likeness (QED) is 0.617. The van der Waals surface area contributed by atoms with Crippen LogP contribution in [0.25, 0.3) is 0 Å². The molecule has 1 atom stereocenters. The summed E-state index contributed by atoms with van der Waals surface area (Å²) in [7, 11) is 0. The molecule has 0 bridgehead atoms. The fourth-order valence-corrected chi connectivity index (χ4v) is 3.79. The number of aromatic nitrogens is 1. The Morgan fingerprint density at radius 2 is 2.05 bits per heavy atom. The molecule has 21 heavy (non-hydrogen) atoms. The maximum Gasteiger partial charge on any atom is 0.313 e. The van der Waals surface area contributed by atoms with Crippen molar-refractivity contribution >= 4 is 23.1 Å². The van der Waals surface area contributed by atoms with Crippen molar-refractivity contribution in [1.82, 2.24) is 4.98 Å². The number of aryl methyl sites for hydroxylation is 1. The van der Waals surface area contributed by atoms with Crippen molar-refractivity contribution in [2.45, 2.75) is 64.9 Å². The number of cyclic esters (lactones) is 1. The van der Waals surface area contributed by atoms with Crippen LogP contribution in [-0.4, -0.2) is 22.3 Å². The van der Waals surface area contributed by atoms with E-state index in [2.05, 4.69) is 18.8 Å². The van der Waals surface area contributed by atoms with Crippen LogP contribution in [0.2, 0.25) is 0 Å². The maximum absolute atomic E-state index is 11.8. The normalized spacial score (nSPS) is 23.0. The molecule has 0 aromatic carbocycles. The van der Waals surface area contributed by atoms with Crippen LogP contribution < -0.4 is 0 Å². The van der Waals surface area contributed by atoms with E-state index in [1.54, 1.807) is 11.3 Å². The summed E-state index contributed by atoms with van der Waals surface area (Å²) >= 11 is 1.64. The summed E-state index contributed by atoms with van der Waals surface area (Å²) in [4.78, 5) is 29.2. The molecule has 0 aliphatic carbocycles. The summed E-state index contributed by atoms with van der Waals surface area (Å²) in [5.74, 6) is 0.125. The summed E-state index contributed by atoms with van der Waals surface area (Å²) in [6.07, 6.45) is 1.75. The Kier molecular flexibility index (Phi) is 4.81. The van der Waals surface area contributed by atoms with E-state index in [1.165, 1.54) is 4.88 Å². The Morgan fingerprint density at radius 3 is 2.62 bits per heavy atom. The molecule has 1 unspecified atom stereocenters. The van der Waals surface area contributed by atoms with E-state index in [-0.39, 0.29) is 24.1 Å². The topological polar surface area (TPSA) is 56.3 Å². The lowest BCUT2D eigenvalue weighted by molar-refractivity contribution is -0.177. The van der Waals surface area contributed by atoms with Gasteiger partial charge < -0.3 is 4.74 Å². The van der Waals surface area contributed by atoms with Crippen LogP contribution in [0.5, 0.6) is 0 Å². The van der Waals surface area contributed by atoms with Crippen LogP contribution in [0.3, 0.4) is 0 Å². The third-order valence-corrected chi connectivity index (χ3v) is 5.11. The summed E-state index contributed by atoms with van der Waals surface area (Å²) in [6.45, 7) is 8.28. The number of hydrogen-bond donors (Lipinski definition) is 0. The number of esters is 1. The van der Waals surface area contributed by atoms with Crippen LogP contribution in [0, 0.1) is 5.92 Å². The van der Waals surface area contributed by atoms with E-state index < -0.39 is 5.60 Å². The predicted molar refractivity (Wildman–Crippen MR) is 82.4 cm³/mol. The number of ketones is 1. The summed E-state index contributed by atoms with van der Waals surface area (Å²) < 4.78 is 5.63. The fraction of sp³-hybridized carbons (Fsp3) is 0.688. The molecule has 1 aliphatic heterocycles. The Balaban J connectivity index is 2.15. The molecule has 5 heteroatoms. The lowest BCUT2D eigenvalue weighted by atomic mass is 9.79. The van der Waals surface area contributed by atoms with E-state index in [1.807, 2.05) is 19.4 Å². The van der Waals surface area contributed by atoms with Crippen molar-refractivity contribution in [1.29, 1.82) is 0 Å². The van der Waals surface area contributed by atoms with Gasteiger partial charge in [0.2, 0.25) is 0 Å². The molecule has 0 amide bonds. The minimum atomic E-state index is -0.648. The molecule has 0 radical (unpaired) electrons. The zero-order chi connectivity index (χ0) is 15.6. The lowest BCUT2D eigenvalue weighted by Gasteiger charge is -2.39. The fourth-order valence-electron chi connectivity index (χ4n) is 2.87. The van der Waals surface area contributed by atoms with Gasteiger partial charge in [0.1, 0.15) is 17.8 Å². The summed E-state index contributed by atoms with van der Waals surface area (Å²) in [5.41, 5.74) is 2.34. The molecule has 1 aromatic heterocycles. The van der Waals surface area contributed by atoms with Gasteiger partial charge in [0.05, 0.1) is 11.2 Å². The summed E-state index contributed by atoms with van der Waals surface area (Å²) in [6, 6.07) is 0. The van der Waals surface area contributed by atoms with Crippen LogP contribution in [0.1, 0.15) is 63.4 Å². The monoisotopic (exact) mass is 309 g/mol. The van der Waals surface area contributed by atoms with Crippen molar-refractivity contribution in [2.24, 2.45) is 5.92 Å². The molecule has 0 saturated carbocycles. The lowest BCUT2D eigenvalue weighted by Crippen LogP contribution is -2.47. The Morgan fingerprint density at radius 1 is 1.33 bits per heavy atom. The number of ether oxygens (including phenoxy) is 1. The second-order valence-corrected chi connectivity index (χ2v) is 7.34. The van der Waals surface area contributed by atoms with Gasteiger partial charge in [0, 0.05) is 11.3 Å². The van der Waals surface area contributed by atoms with Gasteiger partial charge >= 0.3 is 5.97 Å². The van der Waals surface area contributed by atoms with Crippen molar-refractivity contribution in [3.8, 4) is 0 Å². The molecule has 1 aliphatic rings. The molecule has 2 heterocycles. The highest BCUT2D eigenvalue weighted by Gasteiger charge is 2.43. The molecule has 0 N–H and O–H groups in total. The average Bonchev–Trinajstić information content (AvgIpc) is 2.83. The first-order chi connectivity index (χ1) is 9.84. The number of carbonyl (C=O) groups excluding carboxylic acids is 2. The van der Waals surface area contributed by atoms with Gasteiger partial charge in [-0.15, -0.1) is 11.3 Å². The van der Waals surface area contributed by atoms with Crippen molar-refractivity contribution in [3.63, 3.8) is 0 Å². The van der Waals surface area contributed by atoms with Gasteiger partial charge in [-0.25, -0.2) is 4.98 Å². The predicted octanol–water partition coefficient (Wildman–Crippen LogP) is 3.50. The second-order valence-electron chi connectivity index (χ2n) is 6.40. The molecule has 116 valence electrons. The van der Waals surface area contributed by atoms with Crippen molar-refractivity contribution in [2.75, 3.05) is 0 Å². The third-order valence-electron chi connectivity index (χ3n) is 4.20. The molecular formula is C16H23NO3S. The largest absolute Gasteiger partial charge is 0.458 e. The average molecular weight is 309 g/mol. The van der Waals surface area contributed by atoms with Gasteiger partial charge in [-0.1, -0.05) is 27.7 Å². The van der Waals surface area contributed by atoms with Gasteiger partial charge in [-0.3, -0.25) is 9.59 Å². The number of Topliss-reactive ketones (excluding diaryl/α,β-unsaturated/α-hetero) is 1. The molecule has 1 saturated heterocycles. The zero-order valence-corrected chi connectivity index (χ0v) is 14.0. The standard InChI is InChI=1S/C16H23NO3S/c1-10(2)15-13(21-9-17-15)5-6-16(11(3)4)8-12(18)7-14(19)20-16/h9-11H,5-8H2,1-4H3. The molecule has 0 spiro atoms. The second kappa shape index (κ2) is 6.26. The van der Waals surface area contributed by atoms with Gasteiger partial charge in [0.15, 0.2) is 0 Å². The summed E-state index contributed by atoms with van der Waals surface area (Å²) in [5, 5.41) is 0. The number of thiazole rings is 1. The Labute approximate surface area is 129 Å². The van der Waals surface area contributed by atoms with E-state index >= 15 is 0 Å². The van der Waals surface area contributed by atoms with Crippen LogP contribution in [0.4, 0.5) is 0 Å². The van der Waals surface area contributed by atoms with Crippen molar-refractivity contribution < 1.29 is 14.3 Å². The van der Waals surface area contributed by atoms with Crippen molar-refractivity contribution in [3.05, 3.63) is 16.1 Å². The number of nitrogens with zero attached hydrogens (tertiary/aromatic N) is 1.